The summed E-state index contributed by atoms with van der Waals surface area (Å²) in [4.78, 5) is 24.1. The number of amides is 1. The fourth-order valence-electron chi connectivity index (χ4n) is 3.87. The van der Waals surface area contributed by atoms with Crippen molar-refractivity contribution >= 4 is 33.3 Å². The normalized spacial score (nSPS) is 16.0. The summed E-state index contributed by atoms with van der Waals surface area (Å²) < 4.78 is 40.9. The Kier molecular flexibility index (Phi) is 9.35. The number of anilines is 1. The highest BCUT2D eigenvalue weighted by Crippen LogP contribution is 2.46. The summed E-state index contributed by atoms with van der Waals surface area (Å²) in [6.45, 7) is 6.14. The summed E-state index contributed by atoms with van der Waals surface area (Å²) >= 11 is 6.25. The number of aromatic nitrogens is 2. The number of hydrogen-bond acceptors (Lipinski definition) is 9. The van der Waals surface area contributed by atoms with E-state index in [0.29, 0.717) is 25.6 Å². The van der Waals surface area contributed by atoms with Crippen LogP contribution in [0.2, 0.25) is 5.28 Å². The molecule has 0 aromatic carbocycles. The molecule has 0 saturated carbocycles. The molecule has 0 unspecified atom stereocenters. The van der Waals surface area contributed by atoms with Gasteiger partial charge in [0.25, 0.3) is 0 Å². The van der Waals surface area contributed by atoms with Gasteiger partial charge in [0.05, 0.1) is 13.7 Å². The van der Waals surface area contributed by atoms with Crippen molar-refractivity contribution in [2.45, 2.75) is 37.9 Å². The van der Waals surface area contributed by atoms with Crippen molar-refractivity contribution in [1.82, 2.24) is 14.9 Å². The molecule has 10 nitrogen and oxygen atoms in total. The Balaban J connectivity index is 2.45. The standard InChI is InChI=1S/C20H33ClN4O6S/c1-6-30-14-8-11-24(3)17-15(29-4)16(22-18(21)23-17)20(32(5,27)28)9-12-25(13-10-20)19(26)31-7-2/h6-14H2,1-5H3. The first-order valence-electron chi connectivity index (χ1n) is 10.6. The van der Waals surface area contributed by atoms with E-state index < -0.39 is 20.7 Å². The second kappa shape index (κ2) is 11.3. The molecule has 12 heteroatoms. The lowest BCUT2D eigenvalue weighted by molar-refractivity contribution is 0.0935. The molecule has 0 atom stereocenters. The summed E-state index contributed by atoms with van der Waals surface area (Å²) in [5, 5.41) is -0.0664. The SMILES string of the molecule is CCOCCCN(C)c1nc(Cl)nc(C2(S(C)(=O)=O)CCN(C(=O)OCC)CC2)c1OC. The van der Waals surface area contributed by atoms with Crippen molar-refractivity contribution < 1.29 is 27.4 Å². The number of sulfone groups is 1. The lowest BCUT2D eigenvalue weighted by Crippen LogP contribution is -2.49. The molecule has 32 heavy (non-hydrogen) atoms. The van der Waals surface area contributed by atoms with Crippen LogP contribution in [0.15, 0.2) is 0 Å². The van der Waals surface area contributed by atoms with Crippen LogP contribution < -0.4 is 9.64 Å². The van der Waals surface area contributed by atoms with E-state index in [4.69, 9.17) is 25.8 Å². The van der Waals surface area contributed by atoms with E-state index in [0.717, 1.165) is 6.42 Å². The van der Waals surface area contributed by atoms with Crippen LogP contribution in [0.1, 0.15) is 38.8 Å². The number of ether oxygens (including phenoxy) is 3. The average molecular weight is 493 g/mol. The molecule has 1 aliphatic rings. The fraction of sp³-hybridized carbons (Fsp3) is 0.750. The number of methoxy groups -OCH3 is 1. The number of halogens is 1. The molecule has 1 fully saturated rings. The van der Waals surface area contributed by atoms with Crippen LogP contribution in [-0.2, 0) is 24.1 Å². The van der Waals surface area contributed by atoms with Gasteiger partial charge in [0.15, 0.2) is 21.4 Å². The van der Waals surface area contributed by atoms with Gasteiger partial charge in [-0.2, -0.15) is 4.98 Å². The van der Waals surface area contributed by atoms with Crippen molar-refractivity contribution in [1.29, 1.82) is 0 Å². The highest BCUT2D eigenvalue weighted by molar-refractivity contribution is 7.91. The van der Waals surface area contributed by atoms with Crippen LogP contribution in [0.5, 0.6) is 5.75 Å². The van der Waals surface area contributed by atoms with Gasteiger partial charge in [-0.15, -0.1) is 0 Å². The van der Waals surface area contributed by atoms with Gasteiger partial charge in [0, 0.05) is 46.2 Å². The maximum absolute atomic E-state index is 13.1. The molecule has 0 bridgehead atoms. The minimum Gasteiger partial charge on any atom is -0.491 e. The van der Waals surface area contributed by atoms with Gasteiger partial charge in [0.1, 0.15) is 10.4 Å². The van der Waals surface area contributed by atoms with Gasteiger partial charge in [-0.25, -0.2) is 18.2 Å². The molecule has 1 aromatic rings. The number of rotatable bonds is 10. The third kappa shape index (κ3) is 5.74. The highest BCUT2D eigenvalue weighted by Gasteiger charge is 2.50. The van der Waals surface area contributed by atoms with Crippen molar-refractivity contribution in [3.05, 3.63) is 11.0 Å². The lowest BCUT2D eigenvalue weighted by atomic mass is 9.91. The Morgan fingerprint density at radius 2 is 1.88 bits per heavy atom. The molecule has 0 aliphatic carbocycles. The van der Waals surface area contributed by atoms with Gasteiger partial charge in [-0.1, -0.05) is 0 Å². The summed E-state index contributed by atoms with van der Waals surface area (Å²) in [6, 6.07) is 0. The van der Waals surface area contributed by atoms with Crippen LogP contribution in [0.25, 0.3) is 0 Å². The first kappa shape index (κ1) is 26.4. The Morgan fingerprint density at radius 3 is 2.41 bits per heavy atom. The van der Waals surface area contributed by atoms with Gasteiger partial charge in [-0.3, -0.25) is 0 Å². The second-order valence-electron chi connectivity index (χ2n) is 7.62. The topological polar surface area (TPSA) is 111 Å². The molecule has 1 aromatic heterocycles. The minimum absolute atomic E-state index is 0.0664. The van der Waals surface area contributed by atoms with Crippen molar-refractivity contribution in [3.8, 4) is 5.75 Å². The lowest BCUT2D eigenvalue weighted by Gasteiger charge is -2.40. The largest absolute Gasteiger partial charge is 0.491 e. The third-order valence-corrected chi connectivity index (χ3v) is 7.80. The molecule has 1 aliphatic heterocycles. The van der Waals surface area contributed by atoms with E-state index in [1.54, 1.807) is 6.92 Å². The Hall–Kier alpha value is -1.85. The smallest absolute Gasteiger partial charge is 0.409 e. The van der Waals surface area contributed by atoms with Crippen molar-refractivity contribution in [3.63, 3.8) is 0 Å². The van der Waals surface area contributed by atoms with Gasteiger partial charge < -0.3 is 24.0 Å². The monoisotopic (exact) mass is 492 g/mol. The van der Waals surface area contributed by atoms with Crippen LogP contribution in [-0.4, -0.2) is 89.2 Å². The van der Waals surface area contributed by atoms with E-state index >= 15 is 0 Å². The first-order valence-corrected chi connectivity index (χ1v) is 12.9. The molecular weight excluding hydrogens is 460 g/mol. The summed E-state index contributed by atoms with van der Waals surface area (Å²) in [7, 11) is -0.382. The van der Waals surface area contributed by atoms with Crippen LogP contribution in [0, 0.1) is 0 Å². The van der Waals surface area contributed by atoms with Gasteiger partial charge in [-0.05, 0) is 44.7 Å². The Bertz CT molecular complexity index is 890. The van der Waals surface area contributed by atoms with E-state index in [1.807, 2.05) is 18.9 Å². The zero-order chi connectivity index (χ0) is 23.9. The Morgan fingerprint density at radius 1 is 1.22 bits per heavy atom. The molecule has 1 amide bonds. The zero-order valence-electron chi connectivity index (χ0n) is 19.4. The number of carbonyl (C=O) groups excluding carboxylic acids is 1. The fourth-order valence-corrected chi connectivity index (χ4v) is 5.45. The average Bonchev–Trinajstić information content (AvgIpc) is 2.75. The van der Waals surface area contributed by atoms with Gasteiger partial charge in [0.2, 0.25) is 5.28 Å². The number of likely N-dealkylation sites (tertiary alicyclic amines) is 1. The van der Waals surface area contributed by atoms with Crippen molar-refractivity contribution in [2.24, 2.45) is 0 Å². The molecular formula is C20H33ClN4O6S. The van der Waals surface area contributed by atoms with Crippen LogP contribution in [0.4, 0.5) is 10.6 Å². The van der Waals surface area contributed by atoms with E-state index in [9.17, 15) is 13.2 Å². The summed E-state index contributed by atoms with van der Waals surface area (Å²) in [5.41, 5.74) is 0.220. The quantitative estimate of drug-likeness (QED) is 0.359. The molecule has 182 valence electrons. The summed E-state index contributed by atoms with van der Waals surface area (Å²) in [6.07, 6.45) is 1.74. The van der Waals surface area contributed by atoms with E-state index in [2.05, 4.69) is 9.97 Å². The van der Waals surface area contributed by atoms with Crippen LogP contribution >= 0.6 is 11.6 Å². The molecule has 2 rings (SSSR count). The van der Waals surface area contributed by atoms with Crippen LogP contribution in [0.3, 0.4) is 0 Å². The third-order valence-electron chi connectivity index (χ3n) is 5.61. The van der Waals surface area contributed by atoms with Gasteiger partial charge >= 0.3 is 6.09 Å². The number of hydrogen-bond donors (Lipinski definition) is 0. The number of nitrogens with zero attached hydrogens (tertiary/aromatic N) is 4. The predicted molar refractivity (Wildman–Crippen MR) is 122 cm³/mol. The number of carbonyl (C=O) groups is 1. The molecule has 0 radical (unpaired) electrons. The predicted octanol–water partition coefficient (Wildman–Crippen LogP) is 2.49. The molecule has 0 N–H and O–H groups in total. The minimum atomic E-state index is -3.66. The maximum atomic E-state index is 13.1. The van der Waals surface area contributed by atoms with E-state index in [1.165, 1.54) is 18.3 Å². The van der Waals surface area contributed by atoms with E-state index in [-0.39, 0.29) is 49.3 Å². The first-order chi connectivity index (χ1) is 15.1. The number of piperidine rings is 1. The maximum Gasteiger partial charge on any atom is 0.409 e. The van der Waals surface area contributed by atoms with Crippen molar-refractivity contribution in [2.75, 3.05) is 64.8 Å². The molecule has 1 saturated heterocycles. The Labute approximate surface area is 195 Å². The zero-order valence-corrected chi connectivity index (χ0v) is 21.0. The summed E-state index contributed by atoms with van der Waals surface area (Å²) in [5.74, 6) is 0.679. The molecule has 2 heterocycles. The second-order valence-corrected chi connectivity index (χ2v) is 10.3. The highest BCUT2D eigenvalue weighted by atomic mass is 35.5. The molecule has 0 spiro atoms.